The fraction of sp³-hybridized carbons (Fsp3) is 0.412. The number of halogens is 1. The number of hydrogen-bond acceptors (Lipinski definition) is 5. The molecule has 1 aliphatic rings. The van der Waals surface area contributed by atoms with E-state index in [2.05, 4.69) is 20.2 Å². The van der Waals surface area contributed by atoms with E-state index in [1.54, 1.807) is 0 Å². The zero-order valence-electron chi connectivity index (χ0n) is 13.3. The average molecular weight is 333 g/mol. The molecule has 2 heterocycles. The molecule has 122 valence electrons. The summed E-state index contributed by atoms with van der Waals surface area (Å²) in [5.74, 6) is 1.61. The lowest BCUT2D eigenvalue weighted by molar-refractivity contribution is 0.152. The van der Waals surface area contributed by atoms with E-state index in [1.807, 2.05) is 37.3 Å². The standard InChI is InChI=1S/C17H21ClN4O/c1-13-11-16(22-7-2-9-23-10-8-22)21-17(20-13)19-12-14-3-5-15(18)6-4-14/h3-6,11H,2,7-10,12H2,1H3,(H,19,20,21). The first kappa shape index (κ1) is 16.0. The van der Waals surface area contributed by atoms with Crippen molar-refractivity contribution in [2.45, 2.75) is 19.9 Å². The van der Waals surface area contributed by atoms with E-state index >= 15 is 0 Å². The molecule has 0 radical (unpaired) electrons. The topological polar surface area (TPSA) is 50.3 Å². The third-order valence-electron chi connectivity index (χ3n) is 3.75. The van der Waals surface area contributed by atoms with Crippen LogP contribution in [0.15, 0.2) is 30.3 Å². The Morgan fingerprint density at radius 1 is 1.17 bits per heavy atom. The predicted molar refractivity (Wildman–Crippen MR) is 93.2 cm³/mol. The SMILES string of the molecule is Cc1cc(N2CCCOCC2)nc(NCc2ccc(Cl)cc2)n1. The number of hydrogen-bond donors (Lipinski definition) is 1. The number of anilines is 2. The number of aromatic nitrogens is 2. The van der Waals surface area contributed by atoms with Crippen LogP contribution in [0.4, 0.5) is 11.8 Å². The van der Waals surface area contributed by atoms with E-state index in [9.17, 15) is 0 Å². The highest BCUT2D eigenvalue weighted by molar-refractivity contribution is 6.30. The molecular weight excluding hydrogens is 312 g/mol. The third kappa shape index (κ3) is 4.56. The largest absolute Gasteiger partial charge is 0.380 e. The molecule has 0 atom stereocenters. The maximum atomic E-state index is 5.91. The second kappa shape index (κ2) is 7.62. The predicted octanol–water partition coefficient (Wildman–Crippen LogP) is 3.28. The van der Waals surface area contributed by atoms with Crippen LogP contribution in [0.1, 0.15) is 17.7 Å². The lowest BCUT2D eigenvalue weighted by atomic mass is 10.2. The van der Waals surface area contributed by atoms with Crippen LogP contribution in [0, 0.1) is 6.92 Å². The van der Waals surface area contributed by atoms with E-state index in [-0.39, 0.29) is 0 Å². The Bertz CT molecular complexity index is 640. The van der Waals surface area contributed by atoms with Gasteiger partial charge >= 0.3 is 0 Å². The number of ether oxygens (including phenoxy) is 1. The van der Waals surface area contributed by atoms with E-state index in [4.69, 9.17) is 16.3 Å². The summed E-state index contributed by atoms with van der Waals surface area (Å²) in [7, 11) is 0. The Kier molecular flexibility index (Phi) is 5.31. The van der Waals surface area contributed by atoms with Crippen LogP contribution < -0.4 is 10.2 Å². The Balaban J connectivity index is 1.70. The third-order valence-corrected chi connectivity index (χ3v) is 4.00. The van der Waals surface area contributed by atoms with E-state index in [0.29, 0.717) is 12.5 Å². The van der Waals surface area contributed by atoms with Gasteiger partial charge in [-0.2, -0.15) is 4.98 Å². The van der Waals surface area contributed by atoms with Crippen molar-refractivity contribution < 1.29 is 4.74 Å². The highest BCUT2D eigenvalue weighted by Crippen LogP contribution is 2.17. The van der Waals surface area contributed by atoms with Crippen molar-refractivity contribution in [2.75, 3.05) is 36.5 Å². The Hall–Kier alpha value is -1.85. The summed E-state index contributed by atoms with van der Waals surface area (Å²) < 4.78 is 5.51. The molecule has 1 fully saturated rings. The van der Waals surface area contributed by atoms with E-state index < -0.39 is 0 Å². The summed E-state index contributed by atoms with van der Waals surface area (Å²) in [6.07, 6.45) is 1.02. The second-order valence-corrected chi connectivity index (χ2v) is 6.06. The van der Waals surface area contributed by atoms with Gasteiger partial charge < -0.3 is 15.0 Å². The van der Waals surface area contributed by atoms with Crippen molar-refractivity contribution in [1.82, 2.24) is 9.97 Å². The molecule has 0 spiro atoms. The quantitative estimate of drug-likeness (QED) is 0.931. The molecule has 0 amide bonds. The fourth-order valence-electron chi connectivity index (χ4n) is 2.55. The van der Waals surface area contributed by atoms with Crippen LogP contribution in [0.25, 0.3) is 0 Å². The molecule has 1 saturated heterocycles. The van der Waals surface area contributed by atoms with Crippen LogP contribution in [0.3, 0.4) is 0 Å². The zero-order valence-corrected chi connectivity index (χ0v) is 14.0. The number of rotatable bonds is 4. The normalized spacial score (nSPS) is 15.3. The van der Waals surface area contributed by atoms with Crippen molar-refractivity contribution >= 4 is 23.4 Å². The Labute approximate surface area is 141 Å². The molecule has 1 aromatic heterocycles. The van der Waals surface area contributed by atoms with Crippen LogP contribution >= 0.6 is 11.6 Å². The maximum absolute atomic E-state index is 5.91. The zero-order chi connectivity index (χ0) is 16.1. The molecule has 1 aliphatic heterocycles. The minimum Gasteiger partial charge on any atom is -0.380 e. The monoisotopic (exact) mass is 332 g/mol. The van der Waals surface area contributed by atoms with Crippen LogP contribution in [-0.2, 0) is 11.3 Å². The minimum absolute atomic E-state index is 0.653. The molecule has 2 aromatic rings. The van der Waals surface area contributed by atoms with Gasteiger partial charge in [-0.3, -0.25) is 0 Å². The molecule has 0 saturated carbocycles. The summed E-state index contributed by atoms with van der Waals surface area (Å²) in [6, 6.07) is 9.80. The van der Waals surface area contributed by atoms with Gasteiger partial charge in [-0.1, -0.05) is 23.7 Å². The molecule has 0 bridgehead atoms. The van der Waals surface area contributed by atoms with Crippen LogP contribution in [-0.4, -0.2) is 36.3 Å². The van der Waals surface area contributed by atoms with Gasteiger partial charge in [-0.15, -0.1) is 0 Å². The number of nitrogens with zero attached hydrogens (tertiary/aromatic N) is 3. The van der Waals surface area contributed by atoms with Gasteiger partial charge in [-0.05, 0) is 31.0 Å². The first-order valence-electron chi connectivity index (χ1n) is 7.87. The molecule has 3 rings (SSSR count). The van der Waals surface area contributed by atoms with E-state index in [0.717, 1.165) is 54.8 Å². The van der Waals surface area contributed by atoms with Gasteiger partial charge in [0, 0.05) is 43.0 Å². The van der Waals surface area contributed by atoms with Gasteiger partial charge in [0.25, 0.3) is 0 Å². The van der Waals surface area contributed by atoms with Crippen LogP contribution in [0.2, 0.25) is 5.02 Å². The molecule has 1 N–H and O–H groups in total. The van der Waals surface area contributed by atoms with Crippen molar-refractivity contribution in [1.29, 1.82) is 0 Å². The van der Waals surface area contributed by atoms with Crippen molar-refractivity contribution in [2.24, 2.45) is 0 Å². The molecule has 5 nitrogen and oxygen atoms in total. The number of benzene rings is 1. The second-order valence-electron chi connectivity index (χ2n) is 5.62. The Morgan fingerprint density at radius 3 is 2.83 bits per heavy atom. The molecule has 1 aromatic carbocycles. The van der Waals surface area contributed by atoms with Crippen molar-refractivity contribution in [3.8, 4) is 0 Å². The minimum atomic E-state index is 0.653. The summed E-state index contributed by atoms with van der Waals surface area (Å²) in [5, 5.41) is 4.03. The summed E-state index contributed by atoms with van der Waals surface area (Å²) in [6.45, 7) is 6.06. The number of aryl methyl sites for hydroxylation is 1. The molecule has 6 heteroatoms. The van der Waals surface area contributed by atoms with Crippen molar-refractivity contribution in [3.63, 3.8) is 0 Å². The first-order valence-corrected chi connectivity index (χ1v) is 8.25. The number of nitrogens with one attached hydrogen (secondary N) is 1. The van der Waals surface area contributed by atoms with Crippen molar-refractivity contribution in [3.05, 3.63) is 46.6 Å². The summed E-state index contributed by atoms with van der Waals surface area (Å²) in [4.78, 5) is 11.4. The van der Waals surface area contributed by atoms with Gasteiger partial charge in [0.15, 0.2) is 0 Å². The summed E-state index contributed by atoms with van der Waals surface area (Å²) in [5.41, 5.74) is 2.10. The lowest BCUT2D eigenvalue weighted by Crippen LogP contribution is -2.27. The highest BCUT2D eigenvalue weighted by Gasteiger charge is 2.13. The Morgan fingerprint density at radius 2 is 2.00 bits per heavy atom. The molecular formula is C17H21ClN4O. The average Bonchev–Trinajstić information content (AvgIpc) is 2.83. The molecule has 23 heavy (non-hydrogen) atoms. The van der Waals surface area contributed by atoms with Gasteiger partial charge in [0.2, 0.25) is 5.95 Å². The summed E-state index contributed by atoms with van der Waals surface area (Å²) >= 11 is 5.91. The lowest BCUT2D eigenvalue weighted by Gasteiger charge is -2.21. The molecule has 0 unspecified atom stereocenters. The van der Waals surface area contributed by atoms with E-state index in [1.165, 1.54) is 0 Å². The van der Waals surface area contributed by atoms with Gasteiger partial charge in [0.1, 0.15) is 5.82 Å². The van der Waals surface area contributed by atoms with Gasteiger partial charge in [-0.25, -0.2) is 4.98 Å². The first-order chi connectivity index (χ1) is 11.2. The maximum Gasteiger partial charge on any atom is 0.225 e. The fourth-order valence-corrected chi connectivity index (χ4v) is 2.68. The van der Waals surface area contributed by atoms with Gasteiger partial charge in [0.05, 0.1) is 6.61 Å². The smallest absolute Gasteiger partial charge is 0.225 e. The highest BCUT2D eigenvalue weighted by atomic mass is 35.5. The molecule has 0 aliphatic carbocycles. The van der Waals surface area contributed by atoms with Crippen LogP contribution in [0.5, 0.6) is 0 Å².